The molecule has 1 N–H and O–H groups in total. The highest BCUT2D eigenvalue weighted by Gasteiger charge is 2.66. The Hall–Kier alpha value is -1.93. The second-order valence-electron chi connectivity index (χ2n) is 4.41. The summed E-state index contributed by atoms with van der Waals surface area (Å²) in [6.07, 6.45) is -6.68. The number of benzene rings is 1. The van der Waals surface area contributed by atoms with Gasteiger partial charge in [-0.05, 0) is 5.56 Å². The van der Waals surface area contributed by atoms with Crippen molar-refractivity contribution in [3.8, 4) is 0 Å². The van der Waals surface area contributed by atoms with Crippen LogP contribution in [-0.4, -0.2) is 48.2 Å². The van der Waals surface area contributed by atoms with Crippen molar-refractivity contribution in [1.29, 1.82) is 0 Å². The Morgan fingerprint density at radius 2 is 1.82 bits per heavy atom. The number of hydrogen-bond donors (Lipinski definition) is 1. The van der Waals surface area contributed by atoms with Crippen LogP contribution in [0, 0.1) is 0 Å². The summed E-state index contributed by atoms with van der Waals surface area (Å²) >= 11 is 0. The van der Waals surface area contributed by atoms with Gasteiger partial charge in [-0.15, -0.1) is 0 Å². The predicted octanol–water partition coefficient (Wildman–Crippen LogP) is 2.35. The fourth-order valence-electron chi connectivity index (χ4n) is 1.63. The maximum atomic E-state index is 14.3. The summed E-state index contributed by atoms with van der Waals surface area (Å²) in [5, 5.41) is 9.67. The molecule has 122 valence electrons. The monoisotopic (exact) mass is 321 g/mol. The molecule has 0 bridgehead atoms. The third-order valence-electron chi connectivity index (χ3n) is 2.96. The zero-order chi connectivity index (χ0) is 17.0. The minimum absolute atomic E-state index is 0.0765. The van der Waals surface area contributed by atoms with Gasteiger partial charge < -0.3 is 5.11 Å². The third-order valence-corrected chi connectivity index (χ3v) is 2.96. The van der Waals surface area contributed by atoms with Crippen LogP contribution in [0.2, 0.25) is 0 Å². The van der Waals surface area contributed by atoms with Crippen molar-refractivity contribution in [1.82, 2.24) is 5.06 Å². The third kappa shape index (κ3) is 3.63. The van der Waals surface area contributed by atoms with Crippen LogP contribution in [0.1, 0.15) is 5.56 Å². The molecule has 0 aliphatic carbocycles. The molecular weight excluding hydrogens is 306 g/mol. The maximum absolute atomic E-state index is 14.3. The van der Waals surface area contributed by atoms with Crippen LogP contribution >= 0.6 is 0 Å². The second-order valence-corrected chi connectivity index (χ2v) is 4.41. The summed E-state index contributed by atoms with van der Waals surface area (Å²) in [5.74, 6) is -2.05. The summed E-state index contributed by atoms with van der Waals surface area (Å²) in [6, 6.07) is 7.99. The van der Waals surface area contributed by atoms with Crippen molar-refractivity contribution in [2.45, 2.75) is 17.9 Å². The van der Waals surface area contributed by atoms with Crippen LogP contribution < -0.4 is 0 Å². The van der Waals surface area contributed by atoms with Gasteiger partial charge in [0.1, 0.15) is 6.10 Å². The summed E-state index contributed by atoms with van der Waals surface area (Å²) in [6.45, 7) is 0. The van der Waals surface area contributed by atoms with E-state index in [0.717, 1.165) is 20.2 Å². The number of carbonyl (C=O) groups excluding carboxylic acids is 1. The fourth-order valence-corrected chi connectivity index (χ4v) is 1.63. The molecule has 1 aromatic rings. The minimum Gasteiger partial charge on any atom is -0.385 e. The number of rotatable bonds is 5. The SMILES string of the molecule is CON(C)C(=O)[C@@](F)([C@H](O)/C=C/c1ccccc1)C(F)(F)F. The van der Waals surface area contributed by atoms with E-state index in [1.54, 1.807) is 30.3 Å². The van der Waals surface area contributed by atoms with Gasteiger partial charge in [-0.25, -0.2) is 9.45 Å². The molecule has 0 unspecified atom stereocenters. The molecule has 0 aromatic heterocycles. The second kappa shape index (κ2) is 6.89. The van der Waals surface area contributed by atoms with Gasteiger partial charge in [-0.3, -0.25) is 9.63 Å². The lowest BCUT2D eigenvalue weighted by Gasteiger charge is -2.31. The first-order valence-corrected chi connectivity index (χ1v) is 6.13. The average Bonchev–Trinajstić information content (AvgIpc) is 2.50. The topological polar surface area (TPSA) is 49.8 Å². The van der Waals surface area contributed by atoms with Gasteiger partial charge in [-0.1, -0.05) is 42.5 Å². The van der Waals surface area contributed by atoms with Crippen LogP contribution in [0.4, 0.5) is 17.6 Å². The molecule has 0 aliphatic rings. The van der Waals surface area contributed by atoms with E-state index in [4.69, 9.17) is 0 Å². The van der Waals surface area contributed by atoms with Crippen molar-refractivity contribution in [2.24, 2.45) is 0 Å². The van der Waals surface area contributed by atoms with Crippen molar-refractivity contribution < 1.29 is 32.3 Å². The number of carbonyl (C=O) groups is 1. The maximum Gasteiger partial charge on any atom is 0.434 e. The normalized spacial score (nSPS) is 16.3. The lowest BCUT2D eigenvalue weighted by atomic mass is 9.95. The van der Waals surface area contributed by atoms with Crippen molar-refractivity contribution in [3.05, 3.63) is 42.0 Å². The molecule has 2 atom stereocenters. The first kappa shape index (κ1) is 18.1. The first-order valence-electron chi connectivity index (χ1n) is 6.13. The Morgan fingerprint density at radius 1 is 1.27 bits per heavy atom. The molecule has 0 saturated heterocycles. The summed E-state index contributed by atoms with van der Waals surface area (Å²) in [4.78, 5) is 15.9. The number of alkyl halides is 4. The highest BCUT2D eigenvalue weighted by atomic mass is 19.4. The van der Waals surface area contributed by atoms with Crippen molar-refractivity contribution >= 4 is 12.0 Å². The number of hydrogen-bond acceptors (Lipinski definition) is 3. The Bertz CT molecular complexity index is 533. The molecule has 0 spiro atoms. The molecule has 1 rings (SSSR count). The van der Waals surface area contributed by atoms with E-state index in [-0.39, 0.29) is 5.06 Å². The smallest absolute Gasteiger partial charge is 0.385 e. The van der Waals surface area contributed by atoms with E-state index in [1.807, 2.05) is 0 Å². The largest absolute Gasteiger partial charge is 0.434 e. The van der Waals surface area contributed by atoms with Gasteiger partial charge in [0.15, 0.2) is 0 Å². The average molecular weight is 321 g/mol. The Balaban J connectivity index is 3.12. The van der Waals surface area contributed by atoms with Gasteiger partial charge in [-0.2, -0.15) is 13.2 Å². The molecule has 1 amide bonds. The highest BCUT2D eigenvalue weighted by molar-refractivity contribution is 5.86. The van der Waals surface area contributed by atoms with Gasteiger partial charge >= 0.3 is 11.8 Å². The summed E-state index contributed by atoms with van der Waals surface area (Å²) < 4.78 is 53.2. The van der Waals surface area contributed by atoms with Crippen LogP contribution in [0.3, 0.4) is 0 Å². The number of aliphatic hydroxyl groups is 1. The molecule has 8 heteroatoms. The van der Waals surface area contributed by atoms with Crippen molar-refractivity contribution in [3.63, 3.8) is 0 Å². The van der Waals surface area contributed by atoms with Crippen molar-refractivity contribution in [2.75, 3.05) is 14.2 Å². The summed E-state index contributed by atoms with van der Waals surface area (Å²) in [5.41, 5.74) is -4.07. The number of hydroxylamine groups is 2. The number of halogens is 4. The molecular formula is C14H15F4NO3. The minimum atomic E-state index is -5.61. The van der Waals surface area contributed by atoms with Crippen LogP contribution in [-0.2, 0) is 9.63 Å². The standard InChI is InChI=1S/C14H15F4NO3/c1-19(22-2)12(21)13(15,14(16,17)18)11(20)9-8-10-6-4-3-5-7-10/h3-9,11,20H,1-2H3/b9-8+/t11-,13+/m1/s1. The van der Waals surface area contributed by atoms with E-state index in [1.165, 1.54) is 0 Å². The zero-order valence-electron chi connectivity index (χ0n) is 11.8. The van der Waals surface area contributed by atoms with E-state index in [0.29, 0.717) is 11.6 Å². The first-order chi connectivity index (χ1) is 10.1. The van der Waals surface area contributed by atoms with Gasteiger partial charge in [0, 0.05) is 7.05 Å². The van der Waals surface area contributed by atoms with Crippen LogP contribution in [0.15, 0.2) is 36.4 Å². The number of amides is 1. The fraction of sp³-hybridized carbons (Fsp3) is 0.357. The van der Waals surface area contributed by atoms with Gasteiger partial charge in [0.25, 0.3) is 5.91 Å². The lowest BCUT2D eigenvalue weighted by Crippen LogP contribution is -2.60. The van der Waals surface area contributed by atoms with E-state index in [9.17, 15) is 27.5 Å². The molecule has 1 aromatic carbocycles. The van der Waals surface area contributed by atoms with Gasteiger partial charge in [0.2, 0.25) is 0 Å². The van der Waals surface area contributed by atoms with Crippen LogP contribution in [0.5, 0.6) is 0 Å². The van der Waals surface area contributed by atoms with Gasteiger partial charge in [0.05, 0.1) is 7.11 Å². The van der Waals surface area contributed by atoms with Crippen LogP contribution in [0.25, 0.3) is 6.08 Å². The summed E-state index contributed by atoms with van der Waals surface area (Å²) in [7, 11) is 1.72. The molecule has 0 radical (unpaired) electrons. The molecule has 0 saturated carbocycles. The Labute approximate surface area is 124 Å². The molecule has 22 heavy (non-hydrogen) atoms. The Morgan fingerprint density at radius 3 is 2.27 bits per heavy atom. The number of aliphatic hydroxyl groups excluding tert-OH is 1. The molecule has 0 aliphatic heterocycles. The quantitative estimate of drug-likeness (QED) is 0.669. The lowest BCUT2D eigenvalue weighted by molar-refractivity contribution is -0.262. The zero-order valence-corrected chi connectivity index (χ0v) is 11.8. The van der Waals surface area contributed by atoms with E-state index in [2.05, 4.69) is 4.84 Å². The predicted molar refractivity (Wildman–Crippen MR) is 71.2 cm³/mol. The molecule has 0 fully saturated rings. The Kier molecular flexibility index (Phi) is 5.67. The molecule has 4 nitrogen and oxygen atoms in total. The highest BCUT2D eigenvalue weighted by Crippen LogP contribution is 2.39. The van der Waals surface area contributed by atoms with E-state index >= 15 is 0 Å². The number of nitrogens with zero attached hydrogens (tertiary/aromatic N) is 1. The molecule has 0 heterocycles. The van der Waals surface area contributed by atoms with E-state index < -0.39 is 23.9 Å².